The number of hydrogen-bond acceptors (Lipinski definition) is 6. The number of aromatic nitrogens is 2. The molecular formula is C17H18N4O4. The molecular weight excluding hydrogens is 324 g/mol. The Bertz CT molecular complexity index is 829. The number of methoxy groups -OCH3 is 1. The molecule has 1 atom stereocenters. The van der Waals surface area contributed by atoms with Crippen LogP contribution >= 0.6 is 0 Å². The molecule has 0 bridgehead atoms. The number of rotatable bonds is 6. The van der Waals surface area contributed by atoms with Crippen molar-refractivity contribution in [1.82, 2.24) is 15.5 Å². The van der Waals surface area contributed by atoms with Crippen LogP contribution in [0.15, 0.2) is 51.6 Å². The maximum atomic E-state index is 12.4. The highest BCUT2D eigenvalue weighted by Crippen LogP contribution is 2.25. The normalized spacial score (nSPS) is 11.9. The van der Waals surface area contributed by atoms with Crippen molar-refractivity contribution in [2.75, 3.05) is 19.0 Å². The van der Waals surface area contributed by atoms with Gasteiger partial charge in [-0.05, 0) is 24.3 Å². The first kappa shape index (κ1) is 16.7. The number of aryl methyl sites for hydroxylation is 1. The van der Waals surface area contributed by atoms with Crippen LogP contribution in [-0.2, 0) is 4.74 Å². The van der Waals surface area contributed by atoms with E-state index in [0.717, 1.165) is 0 Å². The van der Waals surface area contributed by atoms with Crippen LogP contribution in [0.4, 0.5) is 10.5 Å². The van der Waals surface area contributed by atoms with Gasteiger partial charge in [-0.15, -0.1) is 0 Å². The van der Waals surface area contributed by atoms with Gasteiger partial charge in [-0.2, -0.15) is 4.98 Å². The van der Waals surface area contributed by atoms with Gasteiger partial charge in [-0.3, -0.25) is 0 Å². The van der Waals surface area contributed by atoms with Gasteiger partial charge in [-0.1, -0.05) is 17.3 Å². The maximum absolute atomic E-state index is 12.4. The van der Waals surface area contributed by atoms with Gasteiger partial charge in [0.25, 0.3) is 0 Å². The molecule has 2 aromatic heterocycles. The fourth-order valence-corrected chi connectivity index (χ4v) is 2.36. The summed E-state index contributed by atoms with van der Waals surface area (Å²) in [6, 6.07) is 9.95. The topological polar surface area (TPSA) is 102 Å². The number of para-hydroxylation sites is 1. The van der Waals surface area contributed by atoms with Crippen LogP contribution in [0.3, 0.4) is 0 Å². The first-order chi connectivity index (χ1) is 12.2. The number of carbonyl (C=O) groups is 1. The summed E-state index contributed by atoms with van der Waals surface area (Å²) >= 11 is 0. The Morgan fingerprint density at radius 1 is 1.28 bits per heavy atom. The van der Waals surface area contributed by atoms with E-state index in [0.29, 0.717) is 28.7 Å². The molecule has 130 valence electrons. The minimum absolute atomic E-state index is 0.284. The lowest BCUT2D eigenvalue weighted by Gasteiger charge is -2.17. The van der Waals surface area contributed by atoms with Crippen molar-refractivity contribution in [2.24, 2.45) is 0 Å². The average molecular weight is 342 g/mol. The van der Waals surface area contributed by atoms with Crippen LogP contribution in [0, 0.1) is 6.92 Å². The standard InChI is InChI=1S/C17H18N4O4/c1-11-18-16(21-25-11)12-6-3-4-7-13(12)19-17(22)20-14(10-23-2)15-8-5-9-24-15/h3-9,14H,10H2,1-2H3,(H2,19,20,22)/t14-/m0/s1. The summed E-state index contributed by atoms with van der Waals surface area (Å²) in [5.74, 6) is 1.47. The van der Waals surface area contributed by atoms with E-state index in [-0.39, 0.29) is 6.61 Å². The predicted molar refractivity (Wildman–Crippen MR) is 90.0 cm³/mol. The highest BCUT2D eigenvalue weighted by atomic mass is 16.5. The van der Waals surface area contributed by atoms with E-state index < -0.39 is 12.1 Å². The number of hydrogen-bond donors (Lipinski definition) is 2. The monoisotopic (exact) mass is 342 g/mol. The second-order valence-electron chi connectivity index (χ2n) is 5.30. The first-order valence-corrected chi connectivity index (χ1v) is 7.67. The Morgan fingerprint density at radius 3 is 2.80 bits per heavy atom. The van der Waals surface area contributed by atoms with Crippen LogP contribution in [0.5, 0.6) is 0 Å². The summed E-state index contributed by atoms with van der Waals surface area (Å²) in [5.41, 5.74) is 1.23. The summed E-state index contributed by atoms with van der Waals surface area (Å²) in [5, 5.41) is 9.51. The van der Waals surface area contributed by atoms with E-state index in [4.69, 9.17) is 13.7 Å². The predicted octanol–water partition coefficient (Wildman–Crippen LogP) is 3.15. The van der Waals surface area contributed by atoms with Gasteiger partial charge in [0.15, 0.2) is 0 Å². The lowest BCUT2D eigenvalue weighted by atomic mass is 10.1. The van der Waals surface area contributed by atoms with Crippen LogP contribution in [0.2, 0.25) is 0 Å². The third-order valence-corrected chi connectivity index (χ3v) is 3.47. The molecule has 0 unspecified atom stereocenters. The fraction of sp³-hybridized carbons (Fsp3) is 0.235. The van der Waals surface area contributed by atoms with Crippen molar-refractivity contribution in [3.05, 3.63) is 54.3 Å². The molecule has 1 aromatic carbocycles. The third-order valence-electron chi connectivity index (χ3n) is 3.47. The summed E-state index contributed by atoms with van der Waals surface area (Å²) in [7, 11) is 1.56. The minimum atomic E-state index is -0.403. The zero-order chi connectivity index (χ0) is 17.6. The number of amides is 2. The number of nitrogens with one attached hydrogen (secondary N) is 2. The summed E-state index contributed by atoms with van der Waals surface area (Å²) in [6.07, 6.45) is 1.55. The summed E-state index contributed by atoms with van der Waals surface area (Å²) in [6.45, 7) is 1.99. The van der Waals surface area contributed by atoms with E-state index in [1.807, 2.05) is 12.1 Å². The molecule has 0 fully saturated rings. The zero-order valence-electron chi connectivity index (χ0n) is 13.9. The molecule has 0 aliphatic rings. The molecule has 8 nitrogen and oxygen atoms in total. The van der Waals surface area contributed by atoms with Crippen molar-refractivity contribution in [3.63, 3.8) is 0 Å². The molecule has 2 heterocycles. The lowest BCUT2D eigenvalue weighted by molar-refractivity contribution is 0.159. The van der Waals surface area contributed by atoms with E-state index in [2.05, 4.69) is 20.8 Å². The van der Waals surface area contributed by atoms with E-state index >= 15 is 0 Å². The minimum Gasteiger partial charge on any atom is -0.467 e. The number of urea groups is 1. The van der Waals surface area contributed by atoms with Crippen molar-refractivity contribution in [3.8, 4) is 11.4 Å². The smallest absolute Gasteiger partial charge is 0.319 e. The molecule has 3 rings (SSSR count). The number of benzene rings is 1. The van der Waals surface area contributed by atoms with Crippen LogP contribution in [0.1, 0.15) is 17.7 Å². The molecule has 0 saturated heterocycles. The maximum Gasteiger partial charge on any atom is 0.319 e. The Labute approximate surface area is 144 Å². The second kappa shape index (κ2) is 7.63. The van der Waals surface area contributed by atoms with Crippen molar-refractivity contribution in [2.45, 2.75) is 13.0 Å². The molecule has 2 amide bonds. The molecule has 0 aliphatic carbocycles. The van der Waals surface area contributed by atoms with Crippen molar-refractivity contribution < 1.29 is 18.5 Å². The van der Waals surface area contributed by atoms with Gasteiger partial charge in [0.1, 0.15) is 11.8 Å². The number of nitrogens with zero attached hydrogens (tertiary/aromatic N) is 2. The molecule has 3 aromatic rings. The van der Waals surface area contributed by atoms with Gasteiger partial charge in [0, 0.05) is 19.6 Å². The largest absolute Gasteiger partial charge is 0.467 e. The van der Waals surface area contributed by atoms with E-state index in [1.54, 1.807) is 44.6 Å². The highest BCUT2D eigenvalue weighted by Gasteiger charge is 2.18. The average Bonchev–Trinajstić information content (AvgIpc) is 3.26. The third kappa shape index (κ3) is 4.04. The Kier molecular flexibility index (Phi) is 5.10. The van der Waals surface area contributed by atoms with E-state index in [9.17, 15) is 4.79 Å². The molecule has 25 heavy (non-hydrogen) atoms. The molecule has 0 radical (unpaired) electrons. The number of carbonyl (C=O) groups excluding carboxylic acids is 1. The second-order valence-corrected chi connectivity index (χ2v) is 5.30. The van der Waals surface area contributed by atoms with Crippen LogP contribution in [0.25, 0.3) is 11.4 Å². The summed E-state index contributed by atoms with van der Waals surface area (Å²) < 4.78 is 15.5. The highest BCUT2D eigenvalue weighted by molar-refractivity contribution is 5.93. The molecule has 0 spiro atoms. The van der Waals surface area contributed by atoms with Crippen molar-refractivity contribution >= 4 is 11.7 Å². The van der Waals surface area contributed by atoms with Gasteiger partial charge < -0.3 is 24.3 Å². The lowest BCUT2D eigenvalue weighted by Crippen LogP contribution is -2.34. The summed E-state index contributed by atoms with van der Waals surface area (Å²) in [4.78, 5) is 16.6. The Hall–Kier alpha value is -3.13. The number of furan rings is 1. The van der Waals surface area contributed by atoms with E-state index in [1.165, 1.54) is 0 Å². The van der Waals surface area contributed by atoms with Crippen molar-refractivity contribution in [1.29, 1.82) is 0 Å². The van der Waals surface area contributed by atoms with Gasteiger partial charge >= 0.3 is 6.03 Å². The number of ether oxygens (including phenoxy) is 1. The van der Waals surface area contributed by atoms with Gasteiger partial charge in [0.05, 0.1) is 18.6 Å². The van der Waals surface area contributed by atoms with Crippen LogP contribution in [-0.4, -0.2) is 29.9 Å². The van der Waals surface area contributed by atoms with Gasteiger partial charge in [0.2, 0.25) is 11.7 Å². The Morgan fingerprint density at radius 2 is 2.12 bits per heavy atom. The van der Waals surface area contributed by atoms with Crippen LogP contribution < -0.4 is 10.6 Å². The molecule has 2 N–H and O–H groups in total. The molecule has 8 heteroatoms. The molecule has 0 aliphatic heterocycles. The quantitative estimate of drug-likeness (QED) is 0.713. The number of anilines is 1. The van der Waals surface area contributed by atoms with Gasteiger partial charge in [-0.25, -0.2) is 4.79 Å². The first-order valence-electron chi connectivity index (χ1n) is 7.67. The fourth-order valence-electron chi connectivity index (χ4n) is 2.36. The molecule has 0 saturated carbocycles. The zero-order valence-corrected chi connectivity index (χ0v) is 13.9. The Balaban J connectivity index is 1.75. The SMILES string of the molecule is COC[C@H](NC(=O)Nc1ccccc1-c1noc(C)n1)c1ccco1.